The molecule has 1 aliphatic rings. The van der Waals surface area contributed by atoms with E-state index in [0.29, 0.717) is 17.8 Å². The number of rotatable bonds is 7. The Balaban J connectivity index is 1.57. The Bertz CT molecular complexity index is 751. The molecular weight excluding hydrogens is 344 g/mol. The molecule has 1 amide bonds. The molecule has 27 heavy (non-hydrogen) atoms. The summed E-state index contributed by atoms with van der Waals surface area (Å²) >= 11 is 0. The zero-order chi connectivity index (χ0) is 19.1. The molecule has 2 aromatic rings. The maximum atomic E-state index is 12.6. The van der Waals surface area contributed by atoms with E-state index in [0.717, 1.165) is 31.4 Å². The third kappa shape index (κ3) is 5.36. The summed E-state index contributed by atoms with van der Waals surface area (Å²) < 4.78 is 10.7. The van der Waals surface area contributed by atoms with E-state index in [1.807, 2.05) is 18.2 Å². The lowest BCUT2D eigenvalue weighted by Gasteiger charge is -2.24. The molecule has 1 aromatic carbocycles. The van der Waals surface area contributed by atoms with Crippen molar-refractivity contribution in [2.75, 3.05) is 5.32 Å². The van der Waals surface area contributed by atoms with Gasteiger partial charge in [-0.15, -0.1) is 0 Å². The second-order valence-corrected chi connectivity index (χ2v) is 6.87. The molecule has 0 bridgehead atoms. The molecule has 1 unspecified atom stereocenters. The third-order valence-electron chi connectivity index (χ3n) is 4.78. The van der Waals surface area contributed by atoms with Crippen LogP contribution in [0.4, 0.5) is 5.69 Å². The highest BCUT2D eigenvalue weighted by Crippen LogP contribution is 2.19. The van der Waals surface area contributed by atoms with E-state index >= 15 is 0 Å². The van der Waals surface area contributed by atoms with Crippen molar-refractivity contribution in [3.63, 3.8) is 0 Å². The van der Waals surface area contributed by atoms with Crippen molar-refractivity contribution in [2.45, 2.75) is 57.7 Å². The number of ether oxygens (including phenoxy) is 1. The van der Waals surface area contributed by atoms with Gasteiger partial charge in [-0.05, 0) is 44.0 Å². The topological polar surface area (TPSA) is 80.6 Å². The van der Waals surface area contributed by atoms with Crippen molar-refractivity contribution in [1.82, 2.24) is 5.32 Å². The first-order valence-corrected chi connectivity index (χ1v) is 9.50. The van der Waals surface area contributed by atoms with E-state index in [4.69, 9.17) is 9.15 Å². The Morgan fingerprint density at radius 2 is 1.93 bits per heavy atom. The van der Waals surface area contributed by atoms with Gasteiger partial charge in [0, 0.05) is 11.7 Å². The molecule has 3 rings (SSSR count). The van der Waals surface area contributed by atoms with Gasteiger partial charge in [-0.2, -0.15) is 0 Å². The van der Waals surface area contributed by atoms with Gasteiger partial charge in [-0.3, -0.25) is 4.79 Å². The van der Waals surface area contributed by atoms with Gasteiger partial charge >= 0.3 is 5.97 Å². The molecule has 144 valence electrons. The van der Waals surface area contributed by atoms with E-state index in [-0.39, 0.29) is 11.9 Å². The van der Waals surface area contributed by atoms with Crippen LogP contribution in [0.1, 0.15) is 55.1 Å². The molecule has 6 nitrogen and oxygen atoms in total. The molecule has 1 aromatic heterocycles. The number of benzene rings is 1. The molecule has 1 atom stereocenters. The fraction of sp³-hybridized carbons (Fsp3) is 0.429. The highest BCUT2D eigenvalue weighted by Gasteiger charge is 2.23. The molecule has 1 saturated carbocycles. The second-order valence-electron chi connectivity index (χ2n) is 6.87. The smallest absolute Gasteiger partial charge is 0.341 e. The van der Waals surface area contributed by atoms with E-state index in [1.165, 1.54) is 6.42 Å². The van der Waals surface area contributed by atoms with E-state index in [1.54, 1.807) is 31.4 Å². The summed E-state index contributed by atoms with van der Waals surface area (Å²) in [6.45, 7) is 2.06. The molecule has 0 spiro atoms. The molecule has 6 heteroatoms. The summed E-state index contributed by atoms with van der Waals surface area (Å²) in [6, 6.07) is 10.9. The summed E-state index contributed by atoms with van der Waals surface area (Å²) in [7, 11) is 0. The van der Waals surface area contributed by atoms with E-state index < -0.39 is 12.1 Å². The minimum atomic E-state index is -0.836. The Kier molecular flexibility index (Phi) is 6.52. The minimum Gasteiger partial charge on any atom is -0.467 e. The number of esters is 1. The van der Waals surface area contributed by atoms with Gasteiger partial charge in [-0.25, -0.2) is 4.79 Å². The summed E-state index contributed by atoms with van der Waals surface area (Å²) in [4.78, 5) is 24.9. The molecule has 1 fully saturated rings. The van der Waals surface area contributed by atoms with Crippen molar-refractivity contribution < 1.29 is 18.7 Å². The number of carbonyl (C=O) groups excluding carboxylic acids is 2. The maximum Gasteiger partial charge on any atom is 0.341 e. The largest absolute Gasteiger partial charge is 0.467 e. The lowest BCUT2D eigenvalue weighted by atomic mass is 9.95. The first-order valence-electron chi connectivity index (χ1n) is 9.50. The number of anilines is 1. The summed E-state index contributed by atoms with van der Waals surface area (Å²) in [5, 5.41) is 6.16. The fourth-order valence-electron chi connectivity index (χ4n) is 3.25. The van der Waals surface area contributed by atoms with Crippen molar-refractivity contribution in [3.8, 4) is 0 Å². The molecule has 0 aliphatic heterocycles. The summed E-state index contributed by atoms with van der Waals surface area (Å²) in [5.74, 6) is -0.00138. The highest BCUT2D eigenvalue weighted by molar-refractivity contribution is 5.97. The maximum absolute atomic E-state index is 12.6. The average Bonchev–Trinajstić information content (AvgIpc) is 3.21. The average molecular weight is 370 g/mol. The number of nitrogens with one attached hydrogen (secondary N) is 2. The monoisotopic (exact) mass is 370 g/mol. The number of para-hydroxylation sites is 1. The van der Waals surface area contributed by atoms with Gasteiger partial charge in [0.25, 0.3) is 5.91 Å². The van der Waals surface area contributed by atoms with Crippen LogP contribution in [0.5, 0.6) is 0 Å². The first kappa shape index (κ1) is 19.0. The third-order valence-corrected chi connectivity index (χ3v) is 4.78. The first-order chi connectivity index (χ1) is 13.1. The molecule has 0 saturated heterocycles. The van der Waals surface area contributed by atoms with Crippen LogP contribution in [-0.4, -0.2) is 24.0 Å². The predicted octanol–water partition coefficient (Wildman–Crippen LogP) is 3.89. The van der Waals surface area contributed by atoms with Gasteiger partial charge in [0.1, 0.15) is 5.76 Å². The zero-order valence-electron chi connectivity index (χ0n) is 15.6. The van der Waals surface area contributed by atoms with E-state index in [2.05, 4.69) is 10.6 Å². The Morgan fingerprint density at radius 3 is 2.67 bits per heavy atom. The van der Waals surface area contributed by atoms with Crippen LogP contribution in [0.15, 0.2) is 47.1 Å². The van der Waals surface area contributed by atoms with Crippen LogP contribution in [0.2, 0.25) is 0 Å². The lowest BCUT2D eigenvalue weighted by molar-refractivity contribution is -0.130. The summed E-state index contributed by atoms with van der Waals surface area (Å²) in [5.41, 5.74) is 1.03. The van der Waals surface area contributed by atoms with Gasteiger partial charge in [-0.1, -0.05) is 31.4 Å². The molecule has 1 aliphatic carbocycles. The normalized spacial score (nSPS) is 15.7. The second kappa shape index (κ2) is 9.26. The summed E-state index contributed by atoms with van der Waals surface area (Å²) in [6.07, 6.45) is 6.24. The lowest BCUT2D eigenvalue weighted by Crippen LogP contribution is -2.42. The van der Waals surface area contributed by atoms with Gasteiger partial charge in [0.2, 0.25) is 0 Å². The predicted molar refractivity (Wildman–Crippen MR) is 102 cm³/mol. The van der Waals surface area contributed by atoms with Crippen LogP contribution in [0, 0.1) is 0 Å². The standard InChI is InChI=1S/C21H26N2O4/c1-15(20(24)23-16-8-3-2-4-9-16)27-21(25)18-11-5-6-12-19(18)22-14-17-10-7-13-26-17/h5-7,10-13,15-16,22H,2-4,8-9,14H2,1H3,(H,23,24). The fourth-order valence-corrected chi connectivity index (χ4v) is 3.25. The molecule has 1 heterocycles. The van der Waals surface area contributed by atoms with E-state index in [9.17, 15) is 9.59 Å². The van der Waals surface area contributed by atoms with Crippen LogP contribution in [0.25, 0.3) is 0 Å². The van der Waals surface area contributed by atoms with Crippen LogP contribution in [-0.2, 0) is 16.1 Å². The van der Waals surface area contributed by atoms with Gasteiger partial charge < -0.3 is 19.8 Å². The quantitative estimate of drug-likeness (QED) is 0.723. The minimum absolute atomic E-state index is 0.189. The molecule has 0 radical (unpaired) electrons. The van der Waals surface area contributed by atoms with Gasteiger partial charge in [0.15, 0.2) is 6.10 Å². The van der Waals surface area contributed by atoms with Gasteiger partial charge in [0.05, 0.1) is 18.4 Å². The Hall–Kier alpha value is -2.76. The number of amides is 1. The Morgan fingerprint density at radius 1 is 1.15 bits per heavy atom. The zero-order valence-corrected chi connectivity index (χ0v) is 15.6. The van der Waals surface area contributed by atoms with Crippen LogP contribution >= 0.6 is 0 Å². The SMILES string of the molecule is CC(OC(=O)c1ccccc1NCc1ccco1)C(=O)NC1CCCCC1. The Labute approximate surface area is 159 Å². The van der Waals surface area contributed by atoms with Crippen molar-refractivity contribution >= 4 is 17.6 Å². The highest BCUT2D eigenvalue weighted by atomic mass is 16.5. The molecule has 2 N–H and O–H groups in total. The van der Waals surface area contributed by atoms with Crippen molar-refractivity contribution in [3.05, 3.63) is 54.0 Å². The van der Waals surface area contributed by atoms with Crippen molar-refractivity contribution in [2.24, 2.45) is 0 Å². The van der Waals surface area contributed by atoms with Crippen LogP contribution < -0.4 is 10.6 Å². The number of carbonyl (C=O) groups is 2. The number of hydrogen-bond acceptors (Lipinski definition) is 5. The number of hydrogen-bond donors (Lipinski definition) is 2. The molecular formula is C21H26N2O4. The number of furan rings is 1. The van der Waals surface area contributed by atoms with Crippen molar-refractivity contribution in [1.29, 1.82) is 0 Å². The van der Waals surface area contributed by atoms with Crippen LogP contribution in [0.3, 0.4) is 0 Å².